The van der Waals surface area contributed by atoms with Gasteiger partial charge in [0.2, 0.25) is 0 Å². The molecule has 1 aliphatic rings. The second-order valence-electron chi connectivity index (χ2n) is 5.07. The van der Waals surface area contributed by atoms with Crippen LogP contribution in [0.5, 0.6) is 0 Å². The summed E-state index contributed by atoms with van der Waals surface area (Å²) in [5.41, 5.74) is 1.41. The van der Waals surface area contributed by atoms with Gasteiger partial charge in [-0.2, -0.15) is 0 Å². The van der Waals surface area contributed by atoms with Gasteiger partial charge in [-0.1, -0.05) is 43.7 Å². The number of rotatable bonds is 4. The number of allylic oxidation sites excluding steroid dienone is 5. The monoisotopic (exact) mass is 220 g/mol. The quantitative estimate of drug-likeness (QED) is 0.547. The van der Waals surface area contributed by atoms with Gasteiger partial charge in [0.15, 0.2) is 0 Å². The zero-order valence-corrected chi connectivity index (χ0v) is 11.5. The predicted octanol–water partition coefficient (Wildman–Crippen LogP) is 5.53. The first kappa shape index (κ1) is 15.2. The summed E-state index contributed by atoms with van der Waals surface area (Å²) in [4.78, 5) is 0. The van der Waals surface area contributed by atoms with Crippen molar-refractivity contribution in [2.24, 2.45) is 11.8 Å². The van der Waals surface area contributed by atoms with Crippen molar-refractivity contribution in [3.8, 4) is 0 Å². The Morgan fingerprint density at radius 2 is 2.19 bits per heavy atom. The van der Waals surface area contributed by atoms with E-state index in [4.69, 9.17) is 0 Å². The molecule has 0 aromatic rings. The average molecular weight is 220 g/mol. The highest BCUT2D eigenvalue weighted by Crippen LogP contribution is 2.14. The molecular formula is C16H28. The summed E-state index contributed by atoms with van der Waals surface area (Å²) in [5, 5.41) is 0. The first-order valence-electron chi connectivity index (χ1n) is 6.48. The molecule has 0 nitrogen and oxygen atoms in total. The third-order valence-corrected chi connectivity index (χ3v) is 2.70. The van der Waals surface area contributed by atoms with Gasteiger partial charge < -0.3 is 0 Å². The smallest absolute Gasteiger partial charge is 0.0257 e. The van der Waals surface area contributed by atoms with E-state index < -0.39 is 0 Å². The maximum atomic E-state index is 3.69. The zero-order valence-electron chi connectivity index (χ0n) is 11.5. The van der Waals surface area contributed by atoms with E-state index in [2.05, 4.69) is 52.5 Å². The molecule has 0 aromatic heterocycles. The molecule has 1 unspecified atom stereocenters. The van der Waals surface area contributed by atoms with Crippen molar-refractivity contribution in [2.45, 2.75) is 53.4 Å². The molecule has 0 radical (unpaired) electrons. The lowest BCUT2D eigenvalue weighted by atomic mass is 10.0. The van der Waals surface area contributed by atoms with Crippen LogP contribution in [0.3, 0.4) is 0 Å². The molecule has 0 saturated carbocycles. The summed E-state index contributed by atoms with van der Waals surface area (Å²) in [5.74, 6) is 1.58. The Bertz CT molecular complexity index is 228. The molecule has 0 bridgehead atoms. The van der Waals surface area contributed by atoms with Crippen molar-refractivity contribution < 1.29 is 0 Å². The lowest BCUT2D eigenvalue weighted by Crippen LogP contribution is -1.88. The Balaban J connectivity index is 0.000000315. The van der Waals surface area contributed by atoms with E-state index in [1.807, 2.05) is 6.08 Å². The third kappa shape index (κ3) is 9.76. The van der Waals surface area contributed by atoms with E-state index >= 15 is 0 Å². The minimum atomic E-state index is 0.711. The molecule has 0 aromatic carbocycles. The second-order valence-corrected chi connectivity index (χ2v) is 5.07. The van der Waals surface area contributed by atoms with Crippen LogP contribution >= 0.6 is 0 Å². The Morgan fingerprint density at radius 1 is 1.50 bits per heavy atom. The summed E-state index contributed by atoms with van der Waals surface area (Å²) in [6, 6.07) is 0. The van der Waals surface area contributed by atoms with Crippen LogP contribution in [-0.4, -0.2) is 0 Å². The van der Waals surface area contributed by atoms with Crippen molar-refractivity contribution in [1.29, 1.82) is 0 Å². The fraction of sp³-hybridized carbons (Fsp3) is 0.625. The normalized spacial score (nSPS) is 19.6. The lowest BCUT2D eigenvalue weighted by molar-refractivity contribution is 0.654. The van der Waals surface area contributed by atoms with Gasteiger partial charge in [-0.3, -0.25) is 0 Å². The topological polar surface area (TPSA) is 0 Å². The summed E-state index contributed by atoms with van der Waals surface area (Å²) >= 11 is 0. The molecule has 0 heterocycles. The highest BCUT2D eigenvalue weighted by molar-refractivity contribution is 4.96. The van der Waals surface area contributed by atoms with Crippen LogP contribution in [-0.2, 0) is 0 Å². The second kappa shape index (κ2) is 9.45. The van der Waals surface area contributed by atoms with Gasteiger partial charge >= 0.3 is 0 Å². The summed E-state index contributed by atoms with van der Waals surface area (Å²) in [7, 11) is 0. The molecule has 16 heavy (non-hydrogen) atoms. The summed E-state index contributed by atoms with van der Waals surface area (Å²) < 4.78 is 0. The van der Waals surface area contributed by atoms with E-state index in [1.54, 1.807) is 0 Å². The van der Waals surface area contributed by atoms with Crippen molar-refractivity contribution >= 4 is 0 Å². The van der Waals surface area contributed by atoms with Gasteiger partial charge in [0.1, 0.15) is 0 Å². The Labute approximate surface area is 102 Å². The first-order chi connectivity index (χ1) is 7.56. The van der Waals surface area contributed by atoms with Gasteiger partial charge in [-0.15, -0.1) is 6.58 Å². The molecule has 2 atom stereocenters. The standard InChI is InChI=1S/C10H18.C6H10/c1-5-6-7-10(4)8-9(2)3;1-6-4-2-3-5-6/h5,8,10H,1,6-7H2,2-4H3;2,4,6H,3,5H2,1H3/t;6-/m.0/s1. The minimum absolute atomic E-state index is 0.711. The fourth-order valence-electron chi connectivity index (χ4n) is 1.82. The van der Waals surface area contributed by atoms with Crippen LogP contribution in [0.1, 0.15) is 53.4 Å². The molecule has 0 saturated heterocycles. The van der Waals surface area contributed by atoms with Gasteiger partial charge in [0.05, 0.1) is 0 Å². The van der Waals surface area contributed by atoms with Crippen LogP contribution in [0, 0.1) is 11.8 Å². The van der Waals surface area contributed by atoms with E-state index in [1.165, 1.54) is 24.8 Å². The maximum Gasteiger partial charge on any atom is -0.0257 e. The molecule has 0 fully saturated rings. The van der Waals surface area contributed by atoms with E-state index in [0.717, 1.165) is 12.3 Å². The van der Waals surface area contributed by atoms with Crippen molar-refractivity contribution in [2.75, 3.05) is 0 Å². The molecular weight excluding hydrogens is 192 g/mol. The van der Waals surface area contributed by atoms with Gasteiger partial charge in [-0.25, -0.2) is 0 Å². The van der Waals surface area contributed by atoms with E-state index in [0.29, 0.717) is 5.92 Å². The molecule has 92 valence electrons. The van der Waals surface area contributed by atoms with Crippen molar-refractivity contribution in [3.63, 3.8) is 0 Å². The van der Waals surface area contributed by atoms with Gasteiger partial charge in [0.25, 0.3) is 0 Å². The van der Waals surface area contributed by atoms with E-state index in [9.17, 15) is 0 Å². The fourth-order valence-corrected chi connectivity index (χ4v) is 1.82. The number of hydrogen-bond acceptors (Lipinski definition) is 0. The average Bonchev–Trinajstić information content (AvgIpc) is 2.66. The summed E-state index contributed by atoms with van der Waals surface area (Å²) in [6.45, 7) is 12.5. The first-order valence-corrected chi connectivity index (χ1v) is 6.48. The number of hydrogen-bond donors (Lipinski definition) is 0. The molecule has 0 spiro atoms. The Kier molecular flexibility index (Phi) is 8.99. The highest BCUT2D eigenvalue weighted by atomic mass is 14.0. The molecule has 1 rings (SSSR count). The van der Waals surface area contributed by atoms with Crippen LogP contribution in [0.4, 0.5) is 0 Å². The SMILES string of the molecule is C=CCCC(C)C=C(C)C.C[C@H]1C=CCC1. The van der Waals surface area contributed by atoms with Crippen LogP contribution in [0.2, 0.25) is 0 Å². The third-order valence-electron chi connectivity index (χ3n) is 2.70. The van der Waals surface area contributed by atoms with Crippen LogP contribution in [0.15, 0.2) is 36.5 Å². The van der Waals surface area contributed by atoms with Gasteiger partial charge in [0, 0.05) is 0 Å². The molecule has 0 N–H and O–H groups in total. The van der Waals surface area contributed by atoms with E-state index in [-0.39, 0.29) is 0 Å². The molecule has 0 heteroatoms. The van der Waals surface area contributed by atoms with Crippen LogP contribution in [0.25, 0.3) is 0 Å². The van der Waals surface area contributed by atoms with Crippen molar-refractivity contribution in [1.82, 2.24) is 0 Å². The predicted molar refractivity (Wildman–Crippen MR) is 75.6 cm³/mol. The molecule has 0 amide bonds. The zero-order chi connectivity index (χ0) is 12.4. The Morgan fingerprint density at radius 3 is 2.50 bits per heavy atom. The maximum absolute atomic E-state index is 3.69. The largest absolute Gasteiger partial charge is 0.103 e. The van der Waals surface area contributed by atoms with Gasteiger partial charge in [-0.05, 0) is 51.4 Å². The van der Waals surface area contributed by atoms with Crippen molar-refractivity contribution in [3.05, 3.63) is 36.5 Å². The lowest BCUT2D eigenvalue weighted by Gasteiger charge is -2.03. The molecule has 0 aliphatic heterocycles. The minimum Gasteiger partial charge on any atom is -0.103 e. The Hall–Kier alpha value is -0.780. The highest BCUT2D eigenvalue weighted by Gasteiger charge is 1.98. The van der Waals surface area contributed by atoms with Crippen LogP contribution < -0.4 is 0 Å². The molecule has 1 aliphatic carbocycles. The summed E-state index contributed by atoms with van der Waals surface area (Å²) in [6.07, 6.45) is 13.9.